The van der Waals surface area contributed by atoms with Crippen molar-refractivity contribution < 1.29 is 27.4 Å². The maximum Gasteiger partial charge on any atom is 0.306 e. The largest absolute Gasteiger partial charge is 0.494 e. The quantitative estimate of drug-likeness (QED) is 0.474. The van der Waals surface area contributed by atoms with E-state index in [0.29, 0.717) is 36.8 Å². The van der Waals surface area contributed by atoms with Crippen LogP contribution in [0.15, 0.2) is 52.4 Å². The van der Waals surface area contributed by atoms with Crippen molar-refractivity contribution in [1.82, 2.24) is 4.98 Å². The van der Waals surface area contributed by atoms with E-state index in [4.69, 9.17) is 14.2 Å². The van der Waals surface area contributed by atoms with Gasteiger partial charge in [-0.25, -0.2) is 8.42 Å². The number of sulfone groups is 1. The third-order valence-corrected chi connectivity index (χ3v) is 7.37. The zero-order valence-corrected chi connectivity index (χ0v) is 20.1. The van der Waals surface area contributed by atoms with Gasteiger partial charge in [-0.05, 0) is 43.3 Å². The summed E-state index contributed by atoms with van der Waals surface area (Å²) >= 11 is 1.55. The standard InChI is InChI=1S/C23H24N2O6S2/c1-4-30-21(26)12-17-13-24-23(32-17)19-10-14-9-16(11-20(29-2)22(14)25-19)31-15-5-7-18(8-6-15)33(3,27)28/h5-11,17,25H,4,12-13H2,1-3H3. The number of carbonyl (C=O) groups excluding carboxylic acids is 1. The highest BCUT2D eigenvalue weighted by molar-refractivity contribution is 8.15. The molecule has 0 bridgehead atoms. The van der Waals surface area contributed by atoms with Gasteiger partial charge in [0.2, 0.25) is 0 Å². The molecule has 0 saturated heterocycles. The van der Waals surface area contributed by atoms with Gasteiger partial charge in [0.25, 0.3) is 0 Å². The van der Waals surface area contributed by atoms with Crippen molar-refractivity contribution in [1.29, 1.82) is 0 Å². The van der Waals surface area contributed by atoms with Crippen molar-refractivity contribution in [2.45, 2.75) is 23.5 Å². The van der Waals surface area contributed by atoms with Gasteiger partial charge in [-0.1, -0.05) is 11.8 Å². The number of rotatable bonds is 8. The Labute approximate surface area is 196 Å². The molecule has 1 aliphatic rings. The van der Waals surface area contributed by atoms with Crippen molar-refractivity contribution in [2.75, 3.05) is 26.5 Å². The molecular weight excluding hydrogens is 464 g/mol. The van der Waals surface area contributed by atoms with Gasteiger partial charge in [-0.3, -0.25) is 9.79 Å². The van der Waals surface area contributed by atoms with Gasteiger partial charge in [0.15, 0.2) is 9.84 Å². The number of H-pyrrole nitrogens is 1. The van der Waals surface area contributed by atoms with Crippen molar-refractivity contribution in [3.8, 4) is 17.2 Å². The van der Waals surface area contributed by atoms with Gasteiger partial charge in [-0.2, -0.15) is 0 Å². The van der Waals surface area contributed by atoms with Crippen molar-refractivity contribution in [3.05, 3.63) is 48.2 Å². The monoisotopic (exact) mass is 488 g/mol. The van der Waals surface area contributed by atoms with Crippen LogP contribution in [-0.4, -0.2) is 56.2 Å². The summed E-state index contributed by atoms with van der Waals surface area (Å²) in [6.45, 7) is 2.73. The number of carbonyl (C=O) groups is 1. The van der Waals surface area contributed by atoms with Gasteiger partial charge in [0, 0.05) is 23.0 Å². The van der Waals surface area contributed by atoms with Crippen LogP contribution in [0.25, 0.3) is 10.9 Å². The fourth-order valence-electron chi connectivity index (χ4n) is 3.49. The lowest BCUT2D eigenvalue weighted by Crippen LogP contribution is -2.14. The Bertz CT molecular complexity index is 1310. The number of ether oxygens (including phenoxy) is 3. The van der Waals surface area contributed by atoms with Crippen LogP contribution in [0.2, 0.25) is 0 Å². The number of nitrogens with zero attached hydrogens (tertiary/aromatic N) is 1. The van der Waals surface area contributed by atoms with Gasteiger partial charge >= 0.3 is 5.97 Å². The summed E-state index contributed by atoms with van der Waals surface area (Å²) in [5.41, 5.74) is 1.65. The molecule has 4 rings (SSSR count). The minimum Gasteiger partial charge on any atom is -0.494 e. The van der Waals surface area contributed by atoms with Crippen LogP contribution in [0.1, 0.15) is 19.0 Å². The van der Waals surface area contributed by atoms with E-state index in [9.17, 15) is 13.2 Å². The summed E-state index contributed by atoms with van der Waals surface area (Å²) in [6.07, 6.45) is 1.49. The highest BCUT2D eigenvalue weighted by Gasteiger charge is 2.25. The van der Waals surface area contributed by atoms with Crippen LogP contribution in [0.3, 0.4) is 0 Å². The average molecular weight is 489 g/mol. The second-order valence-electron chi connectivity index (χ2n) is 7.51. The Morgan fingerprint density at radius 1 is 1.18 bits per heavy atom. The Balaban J connectivity index is 1.54. The lowest BCUT2D eigenvalue weighted by molar-refractivity contribution is -0.143. The van der Waals surface area contributed by atoms with Crippen LogP contribution >= 0.6 is 11.8 Å². The minimum atomic E-state index is -3.27. The molecule has 1 unspecified atom stereocenters. The zero-order valence-electron chi connectivity index (χ0n) is 18.5. The first-order valence-corrected chi connectivity index (χ1v) is 13.1. The van der Waals surface area contributed by atoms with Gasteiger partial charge < -0.3 is 19.2 Å². The third kappa shape index (κ3) is 5.33. The number of esters is 1. The van der Waals surface area contributed by atoms with E-state index >= 15 is 0 Å². The van der Waals surface area contributed by atoms with Crippen LogP contribution in [0.5, 0.6) is 17.2 Å². The summed E-state index contributed by atoms with van der Waals surface area (Å²) in [6, 6.07) is 11.9. The molecule has 0 aliphatic carbocycles. The number of thioether (sulfide) groups is 1. The molecule has 8 nitrogen and oxygen atoms in total. The maximum absolute atomic E-state index is 11.8. The lowest BCUT2D eigenvalue weighted by Gasteiger charge is -2.09. The number of hydrogen-bond acceptors (Lipinski definition) is 8. The first-order valence-electron chi connectivity index (χ1n) is 10.3. The molecule has 33 heavy (non-hydrogen) atoms. The Morgan fingerprint density at radius 2 is 1.94 bits per heavy atom. The summed E-state index contributed by atoms with van der Waals surface area (Å²) < 4.78 is 39.8. The van der Waals surface area contributed by atoms with Crippen LogP contribution in [-0.2, 0) is 19.4 Å². The molecule has 1 aliphatic heterocycles. The van der Waals surface area contributed by atoms with Crippen LogP contribution in [0, 0.1) is 0 Å². The zero-order chi connectivity index (χ0) is 23.6. The van der Waals surface area contributed by atoms with Crippen LogP contribution in [0.4, 0.5) is 0 Å². The summed E-state index contributed by atoms with van der Waals surface area (Å²) in [5.74, 6) is 1.46. The van der Waals surface area contributed by atoms with Gasteiger partial charge in [0.05, 0.1) is 42.8 Å². The molecule has 2 aromatic carbocycles. The van der Waals surface area contributed by atoms with Crippen molar-refractivity contribution in [2.24, 2.45) is 4.99 Å². The highest BCUT2D eigenvalue weighted by Crippen LogP contribution is 2.36. The first-order chi connectivity index (χ1) is 15.8. The number of fused-ring (bicyclic) bond motifs is 1. The lowest BCUT2D eigenvalue weighted by atomic mass is 10.2. The van der Waals surface area contributed by atoms with E-state index in [1.165, 1.54) is 12.1 Å². The molecule has 2 heterocycles. The van der Waals surface area contributed by atoms with Crippen LogP contribution < -0.4 is 9.47 Å². The Morgan fingerprint density at radius 3 is 2.61 bits per heavy atom. The smallest absolute Gasteiger partial charge is 0.306 e. The third-order valence-electron chi connectivity index (χ3n) is 5.02. The van der Waals surface area contributed by atoms with Crippen molar-refractivity contribution in [3.63, 3.8) is 0 Å². The highest BCUT2D eigenvalue weighted by atomic mass is 32.2. The molecule has 1 atom stereocenters. The summed E-state index contributed by atoms with van der Waals surface area (Å²) in [7, 11) is -1.69. The average Bonchev–Trinajstić information content (AvgIpc) is 3.40. The Hall–Kier alpha value is -2.98. The number of nitrogens with one attached hydrogen (secondary N) is 1. The minimum absolute atomic E-state index is 0.0566. The number of aromatic nitrogens is 1. The molecule has 0 amide bonds. The fraction of sp³-hybridized carbons (Fsp3) is 0.304. The molecule has 0 saturated carbocycles. The van der Waals surface area contributed by atoms with E-state index in [2.05, 4.69) is 9.98 Å². The maximum atomic E-state index is 11.8. The predicted octanol–water partition coefficient (Wildman–Crippen LogP) is 4.19. The number of aromatic amines is 1. The molecule has 0 spiro atoms. The molecular formula is C23H24N2O6S2. The number of aliphatic imine (C=N–C) groups is 1. The van der Waals surface area contributed by atoms with Gasteiger partial charge in [0.1, 0.15) is 22.3 Å². The van der Waals surface area contributed by atoms with Crippen molar-refractivity contribution >= 4 is 43.5 Å². The molecule has 0 radical (unpaired) electrons. The molecule has 3 aromatic rings. The first kappa shape index (κ1) is 23.2. The molecule has 10 heteroatoms. The van der Waals surface area contributed by atoms with E-state index in [0.717, 1.165) is 27.9 Å². The number of benzene rings is 2. The molecule has 1 N–H and O–H groups in total. The normalized spacial score (nSPS) is 16.0. The summed E-state index contributed by atoms with van der Waals surface area (Å²) in [4.78, 5) is 19.9. The topological polar surface area (TPSA) is 107 Å². The predicted molar refractivity (Wildman–Crippen MR) is 129 cm³/mol. The molecule has 174 valence electrons. The molecule has 0 fully saturated rings. The van der Waals surface area contributed by atoms with E-state index < -0.39 is 9.84 Å². The fourth-order valence-corrected chi connectivity index (χ4v) is 5.19. The summed E-state index contributed by atoms with van der Waals surface area (Å²) in [5, 5.41) is 1.77. The van der Waals surface area contributed by atoms with E-state index in [1.807, 2.05) is 12.1 Å². The van der Waals surface area contributed by atoms with E-state index in [-0.39, 0.29) is 16.1 Å². The number of hydrogen-bond donors (Lipinski definition) is 1. The Kier molecular flexibility index (Phi) is 6.66. The second kappa shape index (κ2) is 9.48. The van der Waals surface area contributed by atoms with E-state index in [1.54, 1.807) is 44.0 Å². The molecule has 1 aromatic heterocycles. The van der Waals surface area contributed by atoms with Gasteiger partial charge in [-0.15, -0.1) is 0 Å². The number of methoxy groups -OCH3 is 1. The SMILES string of the molecule is CCOC(=O)CC1CN=C(c2cc3cc(Oc4ccc(S(C)(=O)=O)cc4)cc(OC)c3[nH]2)S1. The second-order valence-corrected chi connectivity index (χ2v) is 10.8.